The molecule has 3 saturated heterocycles. The lowest BCUT2D eigenvalue weighted by Crippen LogP contribution is -2.59. The number of piperazine rings is 1. The van der Waals surface area contributed by atoms with Crippen LogP contribution in [-0.2, 0) is 24.5 Å². The number of carbonyl (C=O) groups is 4. The summed E-state index contributed by atoms with van der Waals surface area (Å²) in [6.07, 6.45) is 7.14. The van der Waals surface area contributed by atoms with Crippen molar-refractivity contribution in [3.8, 4) is 17.6 Å². The molecule has 1 aliphatic carbocycles. The van der Waals surface area contributed by atoms with Gasteiger partial charge in [0, 0.05) is 44.1 Å². The summed E-state index contributed by atoms with van der Waals surface area (Å²) in [5.41, 5.74) is 0.645. The normalized spacial score (nSPS) is 24.4. The van der Waals surface area contributed by atoms with Crippen LogP contribution in [0.15, 0.2) is 152 Å². The number of esters is 1. The number of amides is 4. The van der Waals surface area contributed by atoms with Crippen molar-refractivity contribution in [2.24, 2.45) is 5.92 Å². The van der Waals surface area contributed by atoms with Gasteiger partial charge in [0.05, 0.1) is 36.3 Å². The summed E-state index contributed by atoms with van der Waals surface area (Å²) in [5, 5.41) is 24.7. The molecule has 0 unspecified atom stereocenters. The van der Waals surface area contributed by atoms with E-state index in [1.807, 2.05) is 120 Å². The molecule has 76 heavy (non-hydrogen) atoms. The first-order chi connectivity index (χ1) is 37.1. The molecule has 1 saturated carbocycles. The number of benzene rings is 5. The van der Waals surface area contributed by atoms with Crippen LogP contribution in [0, 0.1) is 17.8 Å². The summed E-state index contributed by atoms with van der Waals surface area (Å²) in [5.74, 6) is 4.15. The maximum Gasteiger partial charge on any atom is 0.329 e. The lowest BCUT2D eigenvalue weighted by Gasteiger charge is -2.46. The van der Waals surface area contributed by atoms with Gasteiger partial charge in [-0.25, -0.2) is 19.7 Å². The molecule has 388 valence electrons. The van der Waals surface area contributed by atoms with E-state index in [-0.39, 0.29) is 32.0 Å². The van der Waals surface area contributed by atoms with Crippen LogP contribution in [0.4, 0.5) is 16.4 Å². The Bertz CT molecular complexity index is 3120. The summed E-state index contributed by atoms with van der Waals surface area (Å²) >= 11 is 0. The number of cyclic esters (lactones) is 1. The van der Waals surface area contributed by atoms with Crippen LogP contribution in [0.1, 0.15) is 103 Å². The number of hydrogen-bond acceptors (Lipinski definition) is 12. The minimum absolute atomic E-state index is 0.0398. The molecule has 0 radical (unpaired) electrons. The molecule has 15 nitrogen and oxygen atoms in total. The van der Waals surface area contributed by atoms with Crippen LogP contribution in [0.3, 0.4) is 0 Å². The Morgan fingerprint density at radius 2 is 1.42 bits per heavy atom. The molecule has 15 heteroatoms. The zero-order valence-electron chi connectivity index (χ0n) is 42.4. The standard InChI is InChI=1S/C61H61N7O8/c1-41(43-16-7-4-8-17-43)64-59(73)67-49-27-22-42(28-31-60(74)29-13-2-3-14-30-60)40-48(49)61(57(67)72)50(55(70)65-34-36-66(37-35-65)58-62-32-15-33-63-58)52-56(71)76-53(45-20-11-6-12-21-45)51(44-18-9-5-10-19-44)68(52)54(61)46-23-25-47(26-24-46)75-39-38-69/h4-12,15-27,32-33,40-41,50-54,69,74H,2-3,13-14,29-30,34-39H2,1H3,(H,64,73)/t41-,50+,51+,52+,53-,54-,61+/m1/s1. The first-order valence-corrected chi connectivity index (χ1v) is 26.4. The fraction of sp³-hybridized carbons (Fsp3) is 0.344. The second kappa shape index (κ2) is 21.4. The topological polar surface area (TPSA) is 178 Å². The number of nitrogens with one attached hydrogen (secondary N) is 1. The van der Waals surface area contributed by atoms with Gasteiger partial charge in [0.25, 0.3) is 0 Å². The maximum absolute atomic E-state index is 17.0. The van der Waals surface area contributed by atoms with Gasteiger partial charge in [-0.15, -0.1) is 0 Å². The predicted octanol–water partition coefficient (Wildman–Crippen LogP) is 7.77. The molecule has 5 heterocycles. The third kappa shape index (κ3) is 9.24. The van der Waals surface area contributed by atoms with E-state index in [0.717, 1.165) is 41.7 Å². The van der Waals surface area contributed by atoms with E-state index in [4.69, 9.17) is 9.47 Å². The number of aliphatic hydroxyl groups is 2. The lowest BCUT2D eigenvalue weighted by atomic mass is 9.64. The van der Waals surface area contributed by atoms with Crippen LogP contribution >= 0.6 is 0 Å². The molecular weight excluding hydrogens is 959 g/mol. The molecule has 5 aliphatic rings. The van der Waals surface area contributed by atoms with Crippen molar-refractivity contribution in [3.63, 3.8) is 0 Å². The second-order valence-electron chi connectivity index (χ2n) is 20.4. The van der Waals surface area contributed by atoms with E-state index in [2.05, 4.69) is 27.1 Å². The van der Waals surface area contributed by atoms with Gasteiger partial charge in [0.1, 0.15) is 35.5 Å². The van der Waals surface area contributed by atoms with E-state index in [0.29, 0.717) is 59.9 Å². The fourth-order valence-electron chi connectivity index (χ4n) is 12.4. The van der Waals surface area contributed by atoms with Gasteiger partial charge in [-0.3, -0.25) is 19.3 Å². The van der Waals surface area contributed by atoms with Crippen molar-refractivity contribution in [3.05, 3.63) is 185 Å². The van der Waals surface area contributed by atoms with Gasteiger partial charge >= 0.3 is 12.0 Å². The van der Waals surface area contributed by atoms with Crippen molar-refractivity contribution < 1.29 is 38.9 Å². The van der Waals surface area contributed by atoms with Gasteiger partial charge in [-0.1, -0.05) is 128 Å². The molecule has 11 rings (SSSR count). The van der Waals surface area contributed by atoms with Gasteiger partial charge in [0.15, 0.2) is 0 Å². The number of anilines is 2. The summed E-state index contributed by atoms with van der Waals surface area (Å²) in [4.78, 5) is 80.4. The largest absolute Gasteiger partial charge is 0.491 e. The van der Waals surface area contributed by atoms with Crippen molar-refractivity contribution in [1.29, 1.82) is 0 Å². The molecule has 1 aromatic heterocycles. The van der Waals surface area contributed by atoms with E-state index in [1.54, 1.807) is 53.7 Å². The lowest BCUT2D eigenvalue weighted by molar-refractivity contribution is -0.179. The molecule has 4 aliphatic heterocycles. The summed E-state index contributed by atoms with van der Waals surface area (Å²) < 4.78 is 12.6. The summed E-state index contributed by atoms with van der Waals surface area (Å²) in [7, 11) is 0. The molecule has 1 spiro atoms. The molecule has 0 bridgehead atoms. The molecule has 4 amide bonds. The highest BCUT2D eigenvalue weighted by molar-refractivity contribution is 6.24. The highest BCUT2D eigenvalue weighted by Crippen LogP contribution is 2.66. The number of urea groups is 1. The molecule has 5 aromatic carbocycles. The smallest absolute Gasteiger partial charge is 0.329 e. The zero-order chi connectivity index (χ0) is 52.4. The monoisotopic (exact) mass is 1020 g/mol. The number of ether oxygens (including phenoxy) is 2. The molecule has 3 N–H and O–H groups in total. The minimum Gasteiger partial charge on any atom is -0.491 e. The quantitative estimate of drug-likeness (QED) is 0.0691. The van der Waals surface area contributed by atoms with E-state index in [1.165, 1.54) is 0 Å². The minimum atomic E-state index is -2.02. The number of aliphatic hydroxyl groups excluding tert-OH is 1. The van der Waals surface area contributed by atoms with E-state index < -0.39 is 71.0 Å². The van der Waals surface area contributed by atoms with Gasteiger partial charge in [0.2, 0.25) is 17.8 Å². The number of fused-ring (bicyclic) bond motifs is 3. The Kier molecular flexibility index (Phi) is 14.1. The number of morpholine rings is 1. The average Bonchev–Trinajstić information content (AvgIpc) is 4.05. The first-order valence-electron chi connectivity index (χ1n) is 26.4. The summed E-state index contributed by atoms with van der Waals surface area (Å²) in [6, 6.07) is 38.2. The Labute approximate surface area is 442 Å². The first kappa shape index (κ1) is 50.3. The van der Waals surface area contributed by atoms with Gasteiger partial charge in [-0.2, -0.15) is 0 Å². The number of aromatic nitrogens is 2. The molecule has 6 aromatic rings. The highest BCUT2D eigenvalue weighted by Gasteiger charge is 2.76. The fourth-order valence-corrected chi connectivity index (χ4v) is 12.4. The Hall–Kier alpha value is -7.90. The van der Waals surface area contributed by atoms with Crippen molar-refractivity contribution in [2.45, 2.75) is 86.7 Å². The van der Waals surface area contributed by atoms with Crippen LogP contribution in [-0.4, -0.2) is 105 Å². The predicted molar refractivity (Wildman–Crippen MR) is 285 cm³/mol. The van der Waals surface area contributed by atoms with Crippen LogP contribution < -0.4 is 19.9 Å². The Balaban J connectivity index is 1.16. The second-order valence-corrected chi connectivity index (χ2v) is 20.4. The van der Waals surface area contributed by atoms with Crippen molar-refractivity contribution in [1.82, 2.24) is 25.1 Å². The number of carbonyl (C=O) groups excluding carboxylic acids is 4. The Morgan fingerprint density at radius 1 is 0.776 bits per heavy atom. The number of hydrogen-bond donors (Lipinski definition) is 3. The van der Waals surface area contributed by atoms with Gasteiger partial charge in [-0.05, 0) is 96.8 Å². The van der Waals surface area contributed by atoms with Crippen LogP contribution in [0.25, 0.3) is 0 Å². The zero-order valence-corrected chi connectivity index (χ0v) is 42.4. The molecular formula is C61H61N7O8. The van der Waals surface area contributed by atoms with Crippen molar-refractivity contribution in [2.75, 3.05) is 49.2 Å². The molecule has 7 atom stereocenters. The van der Waals surface area contributed by atoms with E-state index >= 15 is 19.2 Å². The number of imide groups is 1. The van der Waals surface area contributed by atoms with Gasteiger partial charge < -0.3 is 34.8 Å². The number of rotatable bonds is 10. The van der Waals surface area contributed by atoms with E-state index in [9.17, 15) is 10.2 Å². The SMILES string of the molecule is C[C@@H](NC(=O)N1C(=O)[C@@]2(c3cc(C#CC4(O)CCCCCC4)ccc31)[C@H](C(=O)N1CCN(c3ncccn3)CC1)[C@H]1C(=O)O[C@H](c3ccccc3)[C@H](c3ccccc3)N1[C@@H]2c1ccc(OCCO)cc1)c1ccccc1. The van der Waals surface area contributed by atoms with Crippen molar-refractivity contribution >= 4 is 35.5 Å². The van der Waals surface area contributed by atoms with Crippen LogP contribution in [0.5, 0.6) is 5.75 Å². The average molecular weight is 1020 g/mol. The summed E-state index contributed by atoms with van der Waals surface area (Å²) in [6.45, 7) is 2.84. The third-order valence-corrected chi connectivity index (χ3v) is 15.9. The van der Waals surface area contributed by atoms with Crippen LogP contribution in [0.2, 0.25) is 0 Å². The maximum atomic E-state index is 17.0. The Morgan fingerprint density at radius 3 is 2.08 bits per heavy atom. The highest BCUT2D eigenvalue weighted by atomic mass is 16.6. The molecule has 4 fully saturated rings. The number of nitrogens with zero attached hydrogens (tertiary/aromatic N) is 6. The third-order valence-electron chi connectivity index (χ3n) is 15.9.